The van der Waals surface area contributed by atoms with Gasteiger partial charge in [-0.3, -0.25) is 29.0 Å². The van der Waals surface area contributed by atoms with E-state index in [2.05, 4.69) is 33.6 Å². The van der Waals surface area contributed by atoms with Gasteiger partial charge in [-0.2, -0.15) is 0 Å². The van der Waals surface area contributed by atoms with Crippen molar-refractivity contribution in [1.82, 2.24) is 20.4 Å². The highest BCUT2D eigenvalue weighted by Crippen LogP contribution is 2.63. The van der Waals surface area contributed by atoms with Crippen molar-refractivity contribution in [2.45, 2.75) is 88.3 Å². The van der Waals surface area contributed by atoms with E-state index >= 15 is 0 Å². The molecule has 2 fully saturated rings. The molecule has 17 nitrogen and oxygen atoms in total. The van der Waals surface area contributed by atoms with Gasteiger partial charge in [0.05, 0.1) is 32.0 Å². The first kappa shape index (κ1) is 40.5. The number of aliphatic imine (C=N–C) groups is 1. The predicted octanol–water partition coefficient (Wildman–Crippen LogP) is 1.00. The number of ketones is 2. The highest BCUT2D eigenvalue weighted by atomic mass is 16.6. The van der Waals surface area contributed by atoms with Crippen molar-refractivity contribution >= 4 is 41.4 Å². The van der Waals surface area contributed by atoms with E-state index in [1.807, 2.05) is 12.1 Å². The average molecular weight is 780 g/mol. The zero-order valence-electron chi connectivity index (χ0n) is 32.2. The number of amides is 3. The lowest BCUT2D eigenvalue weighted by Crippen LogP contribution is -2.63. The van der Waals surface area contributed by atoms with E-state index in [4.69, 9.17) is 25.7 Å². The number of likely N-dealkylation sites (N-methyl/N-ethyl adjacent to an activating group) is 1. The zero-order chi connectivity index (χ0) is 40.3. The van der Waals surface area contributed by atoms with Crippen LogP contribution >= 0.6 is 0 Å². The number of carbonyl (C=O) groups excluding carboxylic acids is 5. The molecule has 0 aromatic heterocycles. The number of nitrogens with one attached hydrogen (secondary N) is 2. The second-order valence-corrected chi connectivity index (χ2v) is 15.7. The standard InChI is InChI=1S/C39H53N7O10/c1-21(47)15-31(49)43-20-26(48)17-23(5-4-12-42-37(40)41)35(50)44-19-25-16-24(36(51)52)10-13-46(25)38(53)55-30-9-7-27-28-18-22-6-8-29(54-3)33-32(22)39(27,34(30)56-33)11-14-45(28)2/h6,8-9,23-25,27-28,34H,4-5,7,10-20H2,1-3H3,(H,43,49)(H,44,50)(H,51,52)(H4,40,41,42)/t23-,24?,25?,27?,28-,34-,39+/m1/s1. The van der Waals surface area contributed by atoms with Gasteiger partial charge in [-0.1, -0.05) is 6.07 Å². The van der Waals surface area contributed by atoms with E-state index in [0.717, 1.165) is 24.9 Å². The Labute approximate surface area is 325 Å². The van der Waals surface area contributed by atoms with Gasteiger partial charge in [0.25, 0.3) is 0 Å². The minimum atomic E-state index is -1.000. The molecule has 3 heterocycles. The fourth-order valence-electron chi connectivity index (χ4n) is 9.50. The van der Waals surface area contributed by atoms with Crippen LogP contribution in [0, 0.1) is 17.8 Å². The minimum absolute atomic E-state index is 0.0754. The van der Waals surface area contributed by atoms with Crippen molar-refractivity contribution in [2.75, 3.05) is 46.9 Å². The molecule has 0 radical (unpaired) electrons. The number of nitrogens with zero attached hydrogens (tertiary/aromatic N) is 3. The lowest BCUT2D eigenvalue weighted by atomic mass is 9.53. The molecule has 7 atom stereocenters. The van der Waals surface area contributed by atoms with Gasteiger partial charge in [0.15, 0.2) is 29.3 Å². The number of rotatable bonds is 16. The summed E-state index contributed by atoms with van der Waals surface area (Å²) in [6.07, 6.45) is 3.45. The van der Waals surface area contributed by atoms with E-state index in [1.54, 1.807) is 7.11 Å². The maximum atomic E-state index is 14.2. The van der Waals surface area contributed by atoms with Crippen molar-refractivity contribution in [2.24, 2.45) is 34.2 Å². The van der Waals surface area contributed by atoms with Crippen molar-refractivity contribution in [3.05, 3.63) is 35.1 Å². The molecule has 7 N–H and O–H groups in total. The van der Waals surface area contributed by atoms with Gasteiger partial charge in [0, 0.05) is 49.0 Å². The van der Waals surface area contributed by atoms with Gasteiger partial charge in [0.2, 0.25) is 11.8 Å². The number of ether oxygens (including phenoxy) is 3. The summed E-state index contributed by atoms with van der Waals surface area (Å²) in [5, 5.41) is 15.2. The summed E-state index contributed by atoms with van der Waals surface area (Å²) in [5.74, 6) is -2.55. The predicted molar refractivity (Wildman–Crippen MR) is 202 cm³/mol. The van der Waals surface area contributed by atoms with E-state index in [9.17, 15) is 33.9 Å². The quantitative estimate of drug-likeness (QED) is 0.0682. The van der Waals surface area contributed by atoms with Crippen LogP contribution in [-0.4, -0.2) is 121 Å². The molecule has 3 amide bonds. The van der Waals surface area contributed by atoms with Crippen molar-refractivity contribution in [3.8, 4) is 11.5 Å². The fourth-order valence-corrected chi connectivity index (χ4v) is 9.50. The first-order chi connectivity index (χ1) is 26.7. The zero-order valence-corrected chi connectivity index (χ0v) is 32.2. The number of nitrogens with two attached hydrogens (primary N) is 2. The average Bonchev–Trinajstić information content (AvgIpc) is 3.51. The maximum absolute atomic E-state index is 14.2. The molecule has 1 spiro atoms. The molecule has 2 aliphatic carbocycles. The Morgan fingerprint density at radius 1 is 1.14 bits per heavy atom. The molecule has 5 aliphatic rings. The fraction of sp³-hybridized carbons (Fsp3) is 0.615. The molecular formula is C39H53N7O10. The summed E-state index contributed by atoms with van der Waals surface area (Å²) in [6.45, 7) is 1.99. The third-order valence-corrected chi connectivity index (χ3v) is 12.2. The Morgan fingerprint density at radius 3 is 2.64 bits per heavy atom. The number of hydrogen-bond donors (Lipinski definition) is 5. The molecule has 56 heavy (non-hydrogen) atoms. The summed E-state index contributed by atoms with van der Waals surface area (Å²) in [4.78, 5) is 83.8. The number of likely N-dealkylation sites (tertiary alicyclic amines) is 2. The lowest BCUT2D eigenvalue weighted by Gasteiger charge is -2.56. The van der Waals surface area contributed by atoms with Gasteiger partial charge in [-0.05, 0) is 89.1 Å². The van der Waals surface area contributed by atoms with Crippen molar-refractivity contribution in [3.63, 3.8) is 0 Å². The van der Waals surface area contributed by atoms with Crippen molar-refractivity contribution < 1.29 is 48.1 Å². The molecule has 0 saturated carbocycles. The van der Waals surface area contributed by atoms with Crippen molar-refractivity contribution in [1.29, 1.82) is 0 Å². The number of carboxylic acids is 1. The number of guanidine groups is 1. The van der Waals surface area contributed by atoms with Crippen LogP contribution in [0.1, 0.15) is 69.4 Å². The van der Waals surface area contributed by atoms with Gasteiger partial charge >= 0.3 is 12.1 Å². The monoisotopic (exact) mass is 779 g/mol. The molecule has 1 aromatic carbocycles. The molecule has 6 rings (SSSR count). The smallest absolute Gasteiger partial charge is 0.415 e. The van der Waals surface area contributed by atoms with Gasteiger partial charge in [0.1, 0.15) is 11.5 Å². The molecule has 17 heteroatoms. The SMILES string of the molecule is COc1ccc2c3c1O[C@@H]1C(OC(=O)N4CCC(C(=O)O)CC4CNC(=O)[C@H](CCCN=C(N)N)CC(=O)CNC(=O)CC(C)=O)=CCC4[C@@H](C2)N(C)CC[C@@]341. The number of carbonyl (C=O) groups is 6. The van der Waals surface area contributed by atoms with E-state index < -0.39 is 59.1 Å². The summed E-state index contributed by atoms with van der Waals surface area (Å²) < 4.78 is 18.7. The largest absolute Gasteiger partial charge is 0.493 e. The highest BCUT2D eigenvalue weighted by molar-refractivity contribution is 5.98. The van der Waals surface area contributed by atoms with E-state index in [0.29, 0.717) is 36.1 Å². The number of piperidine rings is 2. The highest BCUT2D eigenvalue weighted by Gasteiger charge is 2.65. The molecule has 2 saturated heterocycles. The molecule has 1 aromatic rings. The Morgan fingerprint density at radius 2 is 1.93 bits per heavy atom. The van der Waals surface area contributed by atoms with Gasteiger partial charge in [-0.25, -0.2) is 4.79 Å². The van der Waals surface area contributed by atoms with Crippen LogP contribution in [0.25, 0.3) is 0 Å². The first-order valence-electron chi connectivity index (χ1n) is 19.3. The lowest BCUT2D eigenvalue weighted by molar-refractivity contribution is -0.144. The number of benzene rings is 1. The topological polar surface area (TPSA) is 245 Å². The number of allylic oxidation sites excluding steroid dienone is 1. The van der Waals surface area contributed by atoms with E-state index in [1.165, 1.54) is 17.4 Å². The number of methoxy groups -OCH3 is 1. The van der Waals surface area contributed by atoms with Crippen LogP contribution in [0.2, 0.25) is 0 Å². The molecule has 3 aliphatic heterocycles. The summed E-state index contributed by atoms with van der Waals surface area (Å²) in [6, 6.07) is 3.62. The number of hydrogen-bond acceptors (Lipinski definition) is 11. The normalized spacial score (nSPS) is 26.4. The first-order valence-corrected chi connectivity index (χ1v) is 19.3. The number of aliphatic carboxylic acids is 1. The maximum Gasteiger partial charge on any atom is 0.415 e. The van der Waals surface area contributed by atoms with E-state index in [-0.39, 0.29) is 75.9 Å². The molecule has 3 unspecified atom stereocenters. The Bertz CT molecular complexity index is 1810. The second kappa shape index (κ2) is 16.9. The summed E-state index contributed by atoms with van der Waals surface area (Å²) >= 11 is 0. The number of Topliss-reactive ketones (excluding diaryl/α,β-unsaturated/α-hetero) is 2. The Kier molecular flexibility index (Phi) is 12.2. The molecule has 2 bridgehead atoms. The minimum Gasteiger partial charge on any atom is -0.493 e. The molecule has 304 valence electrons. The van der Waals surface area contributed by atoms with Gasteiger partial charge in [-0.15, -0.1) is 0 Å². The molecular weight excluding hydrogens is 726 g/mol. The van der Waals surface area contributed by atoms with Crippen LogP contribution in [0.4, 0.5) is 4.79 Å². The Balaban J connectivity index is 1.16. The van der Waals surface area contributed by atoms with Crippen LogP contribution in [0.15, 0.2) is 29.0 Å². The summed E-state index contributed by atoms with van der Waals surface area (Å²) in [5.41, 5.74) is 12.8. The number of carboxylic acid groups (broad SMARTS) is 1. The second-order valence-electron chi connectivity index (χ2n) is 15.7. The van der Waals surface area contributed by atoms with Gasteiger partial charge < -0.3 is 51.2 Å². The summed E-state index contributed by atoms with van der Waals surface area (Å²) in [7, 11) is 3.77. The third kappa shape index (κ3) is 8.18. The third-order valence-electron chi connectivity index (χ3n) is 12.2. The Hall–Kier alpha value is -5.19. The van der Waals surface area contributed by atoms with Crippen LogP contribution in [0.5, 0.6) is 11.5 Å². The van der Waals surface area contributed by atoms with Crippen LogP contribution in [-0.2, 0) is 40.5 Å². The van der Waals surface area contributed by atoms with Crippen LogP contribution in [0.3, 0.4) is 0 Å². The van der Waals surface area contributed by atoms with Crippen LogP contribution < -0.4 is 31.6 Å².